The zero-order valence-corrected chi connectivity index (χ0v) is 15.7. The highest BCUT2D eigenvalue weighted by atomic mass is 35.5. The van der Waals surface area contributed by atoms with Gasteiger partial charge in [0.2, 0.25) is 0 Å². The van der Waals surface area contributed by atoms with Crippen molar-refractivity contribution >= 4 is 28.7 Å². The van der Waals surface area contributed by atoms with E-state index < -0.39 is 17.1 Å². The highest BCUT2D eigenvalue weighted by molar-refractivity contribution is 7.92. The molecule has 0 aliphatic heterocycles. The molecule has 1 aliphatic rings. The number of methoxy groups -OCH3 is 2. The Kier molecular flexibility index (Phi) is 5.22. The topological polar surface area (TPSA) is 71.5 Å². The van der Waals surface area contributed by atoms with Gasteiger partial charge >= 0.3 is 5.97 Å². The van der Waals surface area contributed by atoms with E-state index in [0.717, 1.165) is 18.5 Å². The standard InChI is InChI=1S/C18H18ClNO4S/c1-10-6-12(14(9-20-10)18(21)24-3)13-7-15(19)17(8-16(13)23-2)25(22)11-4-5-11/h6-9,11H,4-5H2,1-3H3. The molecule has 0 saturated heterocycles. The highest BCUT2D eigenvalue weighted by Gasteiger charge is 2.37. The summed E-state index contributed by atoms with van der Waals surface area (Å²) in [5.41, 5.74) is 2.31. The second-order valence-corrected chi connectivity index (χ2v) is 7.95. The van der Waals surface area contributed by atoms with Crippen molar-refractivity contribution in [1.82, 2.24) is 4.98 Å². The van der Waals surface area contributed by atoms with E-state index >= 15 is 0 Å². The Labute approximate surface area is 154 Å². The Morgan fingerprint density at radius 1 is 1.28 bits per heavy atom. The zero-order valence-electron chi connectivity index (χ0n) is 14.2. The van der Waals surface area contributed by atoms with Crippen LogP contribution in [0, 0.1) is 6.92 Å². The van der Waals surface area contributed by atoms with Crippen LogP contribution in [0.4, 0.5) is 0 Å². The minimum atomic E-state index is -1.15. The summed E-state index contributed by atoms with van der Waals surface area (Å²) in [6.07, 6.45) is 3.37. The lowest BCUT2D eigenvalue weighted by Crippen LogP contribution is -2.09. The summed E-state index contributed by atoms with van der Waals surface area (Å²) in [6, 6.07) is 5.16. The number of carbonyl (C=O) groups excluding carboxylic acids is 1. The normalized spacial score (nSPS) is 14.9. The monoisotopic (exact) mass is 379 g/mol. The third-order valence-corrected chi connectivity index (χ3v) is 6.31. The molecule has 1 heterocycles. The molecule has 1 unspecified atom stereocenters. The van der Waals surface area contributed by atoms with Crippen LogP contribution in [0.2, 0.25) is 5.02 Å². The third-order valence-electron chi connectivity index (χ3n) is 4.03. The smallest absolute Gasteiger partial charge is 0.340 e. The summed E-state index contributed by atoms with van der Waals surface area (Å²) in [5, 5.41) is 0.563. The summed E-state index contributed by atoms with van der Waals surface area (Å²) in [6.45, 7) is 1.83. The predicted molar refractivity (Wildman–Crippen MR) is 96.7 cm³/mol. The molecule has 1 aromatic heterocycles. The summed E-state index contributed by atoms with van der Waals surface area (Å²) in [4.78, 5) is 16.8. The van der Waals surface area contributed by atoms with Crippen LogP contribution in [0.3, 0.4) is 0 Å². The van der Waals surface area contributed by atoms with Gasteiger partial charge in [0.05, 0.1) is 24.8 Å². The van der Waals surface area contributed by atoms with E-state index in [1.165, 1.54) is 20.4 Å². The summed E-state index contributed by atoms with van der Waals surface area (Å²) >= 11 is 5.25. The van der Waals surface area contributed by atoms with E-state index in [4.69, 9.17) is 21.1 Å². The average Bonchev–Trinajstić information content (AvgIpc) is 3.45. The van der Waals surface area contributed by atoms with Gasteiger partial charge in [0.1, 0.15) is 11.0 Å². The van der Waals surface area contributed by atoms with Crippen molar-refractivity contribution < 1.29 is 18.8 Å². The fraction of sp³-hybridized carbons (Fsp3) is 0.333. The van der Waals surface area contributed by atoms with Crippen LogP contribution in [0.1, 0.15) is 28.9 Å². The van der Waals surface area contributed by atoms with Crippen LogP contribution >= 0.6 is 11.6 Å². The van der Waals surface area contributed by atoms with Gasteiger partial charge in [-0.25, -0.2) is 4.79 Å². The molecule has 2 aromatic rings. The molecule has 0 amide bonds. The molecule has 7 heteroatoms. The number of pyridine rings is 1. The zero-order chi connectivity index (χ0) is 18.1. The van der Waals surface area contributed by atoms with Gasteiger partial charge in [-0.2, -0.15) is 0 Å². The number of halogens is 1. The van der Waals surface area contributed by atoms with Crippen molar-refractivity contribution in [2.75, 3.05) is 14.2 Å². The van der Waals surface area contributed by atoms with E-state index in [2.05, 4.69) is 4.98 Å². The molecular formula is C18H18ClNO4S. The molecule has 1 aromatic carbocycles. The molecule has 3 rings (SSSR count). The van der Waals surface area contributed by atoms with Crippen LogP contribution in [0.5, 0.6) is 5.75 Å². The largest absolute Gasteiger partial charge is 0.611 e. The molecule has 0 radical (unpaired) electrons. The Bertz CT molecular complexity index is 823. The Balaban J connectivity index is 2.15. The average molecular weight is 380 g/mol. The van der Waals surface area contributed by atoms with Crippen molar-refractivity contribution in [3.05, 3.63) is 40.7 Å². The lowest BCUT2D eigenvalue weighted by molar-refractivity contribution is 0.0601. The van der Waals surface area contributed by atoms with Gasteiger partial charge in [0.15, 0.2) is 4.90 Å². The molecule has 1 atom stereocenters. The summed E-state index contributed by atoms with van der Waals surface area (Å²) in [5.74, 6) is 0.00969. The fourth-order valence-corrected chi connectivity index (χ4v) is 4.37. The number of hydrogen-bond acceptors (Lipinski definition) is 5. The predicted octanol–water partition coefficient (Wildman–Crippen LogP) is 3.78. The van der Waals surface area contributed by atoms with Crippen molar-refractivity contribution in [1.29, 1.82) is 0 Å². The highest BCUT2D eigenvalue weighted by Crippen LogP contribution is 2.42. The SMILES string of the molecule is COC(=O)c1cnc(C)cc1-c1cc(Cl)c([S+]([O-])C2CC2)cc1OC. The quantitative estimate of drug-likeness (QED) is 0.584. The van der Waals surface area contributed by atoms with Gasteiger partial charge in [-0.15, -0.1) is 0 Å². The first-order chi connectivity index (χ1) is 12.0. The number of esters is 1. The number of aromatic nitrogens is 1. The van der Waals surface area contributed by atoms with Crippen molar-refractivity contribution in [2.24, 2.45) is 0 Å². The molecule has 0 bridgehead atoms. The first kappa shape index (κ1) is 18.0. The van der Waals surface area contributed by atoms with Gasteiger partial charge in [0.25, 0.3) is 0 Å². The summed E-state index contributed by atoms with van der Waals surface area (Å²) < 4.78 is 22.8. The van der Waals surface area contributed by atoms with Crippen LogP contribution in [-0.2, 0) is 15.9 Å². The van der Waals surface area contributed by atoms with Crippen molar-refractivity contribution in [3.8, 4) is 16.9 Å². The number of nitrogens with zero attached hydrogens (tertiary/aromatic N) is 1. The summed E-state index contributed by atoms with van der Waals surface area (Å²) in [7, 11) is 2.85. The molecule has 132 valence electrons. The van der Waals surface area contributed by atoms with Gasteiger partial charge in [-0.05, 0) is 30.2 Å². The first-order valence-electron chi connectivity index (χ1n) is 7.79. The van der Waals surface area contributed by atoms with E-state index in [0.29, 0.717) is 32.4 Å². The third kappa shape index (κ3) is 3.61. The lowest BCUT2D eigenvalue weighted by Gasteiger charge is -2.16. The van der Waals surface area contributed by atoms with E-state index in [-0.39, 0.29) is 5.25 Å². The Morgan fingerprint density at radius 3 is 2.60 bits per heavy atom. The molecule has 5 nitrogen and oxygen atoms in total. The van der Waals surface area contributed by atoms with E-state index in [9.17, 15) is 9.35 Å². The molecule has 0 spiro atoms. The fourth-order valence-electron chi connectivity index (χ4n) is 2.59. The minimum absolute atomic E-state index is 0.168. The molecule has 0 N–H and O–H groups in total. The first-order valence-corrected chi connectivity index (χ1v) is 9.38. The maximum atomic E-state index is 12.5. The Morgan fingerprint density at radius 2 is 2.00 bits per heavy atom. The maximum Gasteiger partial charge on any atom is 0.340 e. The molecule has 25 heavy (non-hydrogen) atoms. The lowest BCUT2D eigenvalue weighted by atomic mass is 9.99. The molecule has 1 saturated carbocycles. The molecule has 1 aliphatic carbocycles. The maximum absolute atomic E-state index is 12.5. The molecular weight excluding hydrogens is 362 g/mol. The number of aryl methyl sites for hydroxylation is 1. The number of hydrogen-bond donors (Lipinski definition) is 0. The van der Waals surface area contributed by atoms with Crippen LogP contribution in [0.25, 0.3) is 11.1 Å². The van der Waals surface area contributed by atoms with Gasteiger partial charge < -0.3 is 14.0 Å². The van der Waals surface area contributed by atoms with Crippen LogP contribution in [-0.4, -0.2) is 35.0 Å². The van der Waals surface area contributed by atoms with Gasteiger partial charge in [-0.3, -0.25) is 4.98 Å². The number of benzene rings is 1. The van der Waals surface area contributed by atoms with Crippen LogP contribution in [0.15, 0.2) is 29.3 Å². The number of rotatable bonds is 5. The molecule has 1 fully saturated rings. The van der Waals surface area contributed by atoms with Crippen LogP contribution < -0.4 is 4.74 Å². The van der Waals surface area contributed by atoms with Gasteiger partial charge in [-0.1, -0.05) is 11.6 Å². The minimum Gasteiger partial charge on any atom is -0.611 e. The Hall–Kier alpha value is -1.76. The number of ether oxygens (including phenoxy) is 2. The number of carbonyl (C=O) groups is 1. The second-order valence-electron chi connectivity index (χ2n) is 5.84. The van der Waals surface area contributed by atoms with E-state index in [1.54, 1.807) is 18.2 Å². The second kappa shape index (κ2) is 7.23. The van der Waals surface area contributed by atoms with Crippen molar-refractivity contribution in [3.63, 3.8) is 0 Å². The van der Waals surface area contributed by atoms with Crippen molar-refractivity contribution in [2.45, 2.75) is 29.9 Å². The van der Waals surface area contributed by atoms with Gasteiger partial charge in [0, 0.05) is 41.9 Å². The van der Waals surface area contributed by atoms with E-state index in [1.807, 2.05) is 6.92 Å².